The number of rotatable bonds is 6. The number of nitrogens with one attached hydrogen (secondary N) is 2. The first-order chi connectivity index (χ1) is 13.1. The number of likely N-dealkylation sites (N-methyl/N-ethyl adjacent to an activating group) is 1. The Morgan fingerprint density at radius 1 is 1.29 bits per heavy atom. The minimum atomic E-state index is -2.82. The lowest BCUT2D eigenvalue weighted by Gasteiger charge is -2.24. The average Bonchev–Trinajstić information content (AvgIpc) is 3.27. The molecular weight excluding hydrogens is 479 g/mol. The molecule has 1 aromatic carbocycles. The number of hydrogen-bond donors (Lipinski definition) is 2. The monoisotopic (exact) mass is 509 g/mol. The number of para-hydroxylation sites is 2. The number of benzene rings is 1. The Balaban J connectivity index is 0.00000280. The summed E-state index contributed by atoms with van der Waals surface area (Å²) < 4.78 is 29.9. The van der Waals surface area contributed by atoms with Gasteiger partial charge in [-0.25, -0.2) is 0 Å². The van der Waals surface area contributed by atoms with Crippen molar-refractivity contribution in [1.29, 1.82) is 0 Å². The molecule has 9 heteroatoms. The molecule has 0 amide bonds. The van der Waals surface area contributed by atoms with Gasteiger partial charge < -0.3 is 25.2 Å². The smallest absolute Gasteiger partial charge is 0.387 e. The van der Waals surface area contributed by atoms with Gasteiger partial charge in [0.15, 0.2) is 5.96 Å². The Hall–Kier alpha value is -1.36. The molecule has 2 aliphatic heterocycles. The molecule has 2 atom stereocenters. The lowest BCUT2D eigenvalue weighted by atomic mass is 10.2. The molecule has 158 valence electrons. The fraction of sp³-hybridized carbons (Fsp3) is 0.632. The summed E-state index contributed by atoms with van der Waals surface area (Å²) in [5.41, 5.74) is 0.706. The summed E-state index contributed by atoms with van der Waals surface area (Å²) >= 11 is 0. The maximum absolute atomic E-state index is 12.6. The van der Waals surface area contributed by atoms with Crippen LogP contribution < -0.4 is 20.3 Å². The fourth-order valence-corrected chi connectivity index (χ4v) is 3.85. The number of hydrogen-bond acceptors (Lipinski definition) is 4. The zero-order valence-corrected chi connectivity index (χ0v) is 18.7. The van der Waals surface area contributed by atoms with Crippen molar-refractivity contribution in [2.24, 2.45) is 4.99 Å². The first kappa shape index (κ1) is 22.9. The van der Waals surface area contributed by atoms with E-state index in [-0.39, 0.29) is 35.8 Å². The van der Waals surface area contributed by atoms with Crippen LogP contribution in [0.4, 0.5) is 14.5 Å². The predicted molar refractivity (Wildman–Crippen MR) is 119 cm³/mol. The van der Waals surface area contributed by atoms with Gasteiger partial charge in [-0.3, -0.25) is 4.99 Å². The number of halogens is 3. The summed E-state index contributed by atoms with van der Waals surface area (Å²) in [6.45, 7) is 0.699. The highest BCUT2D eigenvalue weighted by Crippen LogP contribution is 2.31. The Labute approximate surface area is 182 Å². The molecule has 2 heterocycles. The third kappa shape index (κ3) is 6.07. The molecule has 0 radical (unpaired) electrons. The second kappa shape index (κ2) is 11.0. The van der Waals surface area contributed by atoms with Gasteiger partial charge >= 0.3 is 6.61 Å². The van der Waals surface area contributed by atoms with Crippen LogP contribution in [0.5, 0.6) is 5.75 Å². The maximum Gasteiger partial charge on any atom is 0.387 e. The van der Waals surface area contributed by atoms with E-state index in [0.717, 1.165) is 32.0 Å². The van der Waals surface area contributed by atoms with E-state index < -0.39 is 6.61 Å². The van der Waals surface area contributed by atoms with Crippen molar-refractivity contribution < 1.29 is 13.5 Å². The van der Waals surface area contributed by atoms with Gasteiger partial charge in [-0.1, -0.05) is 12.1 Å². The van der Waals surface area contributed by atoms with Crippen LogP contribution in [0.3, 0.4) is 0 Å². The van der Waals surface area contributed by atoms with Crippen LogP contribution in [0.1, 0.15) is 19.3 Å². The third-order valence-corrected chi connectivity index (χ3v) is 5.35. The van der Waals surface area contributed by atoms with Gasteiger partial charge in [0.2, 0.25) is 0 Å². The summed E-state index contributed by atoms with van der Waals surface area (Å²) in [4.78, 5) is 8.78. The average molecular weight is 509 g/mol. The highest BCUT2D eigenvalue weighted by Gasteiger charge is 2.26. The van der Waals surface area contributed by atoms with Crippen LogP contribution in [0.15, 0.2) is 29.3 Å². The van der Waals surface area contributed by atoms with Crippen LogP contribution in [0, 0.1) is 0 Å². The van der Waals surface area contributed by atoms with Crippen molar-refractivity contribution in [2.75, 3.05) is 45.2 Å². The quantitative estimate of drug-likeness (QED) is 0.351. The summed E-state index contributed by atoms with van der Waals surface area (Å²) in [5.74, 6) is 1.01. The molecule has 0 aliphatic carbocycles. The van der Waals surface area contributed by atoms with Crippen LogP contribution in [-0.2, 0) is 0 Å². The van der Waals surface area contributed by atoms with Gasteiger partial charge in [0, 0.05) is 38.8 Å². The molecule has 3 rings (SSSR count). The molecule has 0 bridgehead atoms. The minimum Gasteiger partial charge on any atom is -0.433 e. The number of anilines is 1. The molecule has 28 heavy (non-hydrogen) atoms. The normalized spacial score (nSPS) is 23.0. The SMILES string of the molecule is CN=C(NCC1CCCN1C)NC1CCN(c2ccccc2OC(F)F)C1.I. The fourth-order valence-electron chi connectivity index (χ4n) is 3.85. The predicted octanol–water partition coefficient (Wildman–Crippen LogP) is 2.74. The van der Waals surface area contributed by atoms with Gasteiger partial charge in [-0.15, -0.1) is 24.0 Å². The van der Waals surface area contributed by atoms with E-state index in [0.29, 0.717) is 18.3 Å². The van der Waals surface area contributed by atoms with Gasteiger partial charge in [0.25, 0.3) is 0 Å². The van der Waals surface area contributed by atoms with Crippen LogP contribution in [-0.4, -0.2) is 69.8 Å². The largest absolute Gasteiger partial charge is 0.433 e. The summed E-state index contributed by atoms with van der Waals surface area (Å²) in [6.07, 6.45) is 3.36. The number of alkyl halides is 2. The summed E-state index contributed by atoms with van der Waals surface area (Å²) in [6, 6.07) is 7.70. The van der Waals surface area contributed by atoms with E-state index in [1.807, 2.05) is 12.1 Å². The molecule has 2 N–H and O–H groups in total. The van der Waals surface area contributed by atoms with Crippen molar-refractivity contribution in [1.82, 2.24) is 15.5 Å². The Morgan fingerprint density at radius 3 is 2.75 bits per heavy atom. The lowest BCUT2D eigenvalue weighted by Crippen LogP contribution is -2.48. The zero-order valence-electron chi connectivity index (χ0n) is 16.4. The molecule has 1 aromatic rings. The molecule has 0 saturated carbocycles. The number of nitrogens with zero attached hydrogens (tertiary/aromatic N) is 3. The molecule has 2 aliphatic rings. The van der Waals surface area contributed by atoms with Crippen molar-refractivity contribution in [3.63, 3.8) is 0 Å². The first-order valence-electron chi connectivity index (χ1n) is 9.53. The van der Waals surface area contributed by atoms with Crippen LogP contribution in [0.25, 0.3) is 0 Å². The lowest BCUT2D eigenvalue weighted by molar-refractivity contribution is -0.0495. The highest BCUT2D eigenvalue weighted by atomic mass is 127. The van der Waals surface area contributed by atoms with E-state index in [1.54, 1.807) is 19.2 Å². The third-order valence-electron chi connectivity index (χ3n) is 5.35. The molecule has 2 saturated heterocycles. The zero-order chi connectivity index (χ0) is 19.2. The molecule has 0 aromatic heterocycles. The van der Waals surface area contributed by atoms with E-state index >= 15 is 0 Å². The van der Waals surface area contributed by atoms with Crippen molar-refractivity contribution in [3.05, 3.63) is 24.3 Å². The number of guanidine groups is 1. The van der Waals surface area contributed by atoms with Crippen LogP contribution in [0.2, 0.25) is 0 Å². The molecular formula is C19H30F2IN5O. The van der Waals surface area contributed by atoms with E-state index in [9.17, 15) is 8.78 Å². The van der Waals surface area contributed by atoms with Crippen molar-refractivity contribution in [2.45, 2.75) is 38.0 Å². The number of ether oxygens (including phenoxy) is 1. The highest BCUT2D eigenvalue weighted by molar-refractivity contribution is 14.0. The minimum absolute atomic E-state index is 0. The Kier molecular flexibility index (Phi) is 9.00. The van der Waals surface area contributed by atoms with Gasteiger partial charge in [-0.2, -0.15) is 8.78 Å². The maximum atomic E-state index is 12.6. The molecule has 2 fully saturated rings. The van der Waals surface area contributed by atoms with Crippen LogP contribution >= 0.6 is 24.0 Å². The second-order valence-electron chi connectivity index (χ2n) is 7.15. The number of likely N-dealkylation sites (tertiary alicyclic amines) is 1. The summed E-state index contributed by atoms with van der Waals surface area (Å²) in [7, 11) is 3.93. The van der Waals surface area contributed by atoms with Gasteiger partial charge in [0.05, 0.1) is 5.69 Å². The van der Waals surface area contributed by atoms with E-state index in [4.69, 9.17) is 0 Å². The summed E-state index contributed by atoms with van der Waals surface area (Å²) in [5, 5.41) is 6.87. The Morgan fingerprint density at radius 2 is 2.07 bits per heavy atom. The Bertz CT molecular complexity index is 649. The van der Waals surface area contributed by atoms with Crippen molar-refractivity contribution in [3.8, 4) is 5.75 Å². The topological polar surface area (TPSA) is 52.1 Å². The molecule has 6 nitrogen and oxygen atoms in total. The van der Waals surface area contributed by atoms with E-state index in [2.05, 4.69) is 37.2 Å². The van der Waals surface area contributed by atoms with E-state index in [1.165, 1.54) is 12.8 Å². The van der Waals surface area contributed by atoms with Gasteiger partial charge in [0.1, 0.15) is 5.75 Å². The second-order valence-corrected chi connectivity index (χ2v) is 7.15. The molecule has 2 unspecified atom stereocenters. The van der Waals surface area contributed by atoms with Crippen molar-refractivity contribution >= 4 is 35.6 Å². The first-order valence-corrected chi connectivity index (χ1v) is 9.53. The van der Waals surface area contributed by atoms with Gasteiger partial charge in [-0.05, 0) is 45.0 Å². The molecule has 0 spiro atoms. The standard InChI is InChI=1S/C19H29F2N5O.HI/c1-22-19(23-12-15-6-5-10-25(15)2)24-14-9-11-26(13-14)16-7-3-4-8-17(16)27-18(20)21;/h3-4,7-8,14-15,18H,5-6,9-13H2,1-2H3,(H2,22,23,24);1H. The number of aliphatic imine (C=N–C) groups is 1.